The largest absolute Gasteiger partial charge is 0.387 e. The molecule has 1 unspecified atom stereocenters. The lowest BCUT2D eigenvalue weighted by atomic mass is 10.1. The van der Waals surface area contributed by atoms with Crippen LogP contribution in [0.1, 0.15) is 17.2 Å². The van der Waals surface area contributed by atoms with Crippen molar-refractivity contribution < 1.29 is 18.3 Å². The molecule has 5 heteroatoms. The van der Waals surface area contributed by atoms with Crippen LogP contribution in [0.5, 0.6) is 0 Å². The third kappa shape index (κ3) is 4.58. The summed E-state index contributed by atoms with van der Waals surface area (Å²) in [6.45, 7) is 0.590. The van der Waals surface area contributed by atoms with Crippen LogP contribution in [0.2, 0.25) is 0 Å². The van der Waals surface area contributed by atoms with Gasteiger partial charge in [-0.2, -0.15) is 0 Å². The molecule has 0 aliphatic heterocycles. The molecule has 0 amide bonds. The first-order valence-electron chi connectivity index (χ1n) is 6.64. The van der Waals surface area contributed by atoms with Crippen molar-refractivity contribution in [1.82, 2.24) is 5.32 Å². The highest BCUT2D eigenvalue weighted by atomic mass is 19.1. The molecular formula is C16H16F3NO. The highest BCUT2D eigenvalue weighted by Gasteiger charge is 2.13. The zero-order valence-corrected chi connectivity index (χ0v) is 11.3. The molecular weight excluding hydrogens is 279 g/mol. The molecule has 112 valence electrons. The quantitative estimate of drug-likeness (QED) is 0.803. The van der Waals surface area contributed by atoms with Crippen LogP contribution in [0.4, 0.5) is 13.2 Å². The molecule has 2 rings (SSSR count). The normalized spacial score (nSPS) is 12.4. The maximum absolute atomic E-state index is 13.4. The number of rotatable bonds is 6. The van der Waals surface area contributed by atoms with Crippen LogP contribution < -0.4 is 5.32 Å². The fourth-order valence-electron chi connectivity index (χ4n) is 2.04. The topological polar surface area (TPSA) is 32.3 Å². The van der Waals surface area contributed by atoms with Crippen LogP contribution >= 0.6 is 0 Å². The minimum Gasteiger partial charge on any atom is -0.387 e. The summed E-state index contributed by atoms with van der Waals surface area (Å²) < 4.78 is 39.4. The molecule has 0 fully saturated rings. The lowest BCUT2D eigenvalue weighted by molar-refractivity contribution is 0.170. The number of hydrogen-bond donors (Lipinski definition) is 2. The van der Waals surface area contributed by atoms with E-state index in [0.29, 0.717) is 13.0 Å². The Balaban J connectivity index is 1.82. The smallest absolute Gasteiger partial charge is 0.129 e. The van der Waals surface area contributed by atoms with Gasteiger partial charge in [-0.05, 0) is 48.9 Å². The zero-order valence-electron chi connectivity index (χ0n) is 11.3. The third-order valence-corrected chi connectivity index (χ3v) is 3.13. The molecule has 1 atom stereocenters. The van der Waals surface area contributed by atoms with Crippen molar-refractivity contribution in [1.29, 1.82) is 0 Å². The summed E-state index contributed by atoms with van der Waals surface area (Å²) in [7, 11) is 0. The molecule has 0 radical (unpaired) electrons. The monoisotopic (exact) mass is 295 g/mol. The van der Waals surface area contributed by atoms with Gasteiger partial charge >= 0.3 is 0 Å². The molecule has 0 bridgehead atoms. The van der Waals surface area contributed by atoms with Gasteiger partial charge in [-0.15, -0.1) is 0 Å². The van der Waals surface area contributed by atoms with Crippen molar-refractivity contribution in [3.63, 3.8) is 0 Å². The van der Waals surface area contributed by atoms with Crippen LogP contribution in [0.15, 0.2) is 42.5 Å². The summed E-state index contributed by atoms with van der Waals surface area (Å²) in [5, 5.41) is 12.8. The van der Waals surface area contributed by atoms with Gasteiger partial charge in [-0.3, -0.25) is 0 Å². The second kappa shape index (κ2) is 7.24. The van der Waals surface area contributed by atoms with E-state index in [4.69, 9.17) is 0 Å². The predicted molar refractivity (Wildman–Crippen MR) is 74.3 cm³/mol. The molecule has 0 saturated carbocycles. The second-order valence-corrected chi connectivity index (χ2v) is 4.77. The van der Waals surface area contributed by atoms with Crippen molar-refractivity contribution in [3.8, 4) is 0 Å². The predicted octanol–water partition coefficient (Wildman–Crippen LogP) is 2.97. The van der Waals surface area contributed by atoms with Gasteiger partial charge in [0, 0.05) is 12.1 Å². The van der Waals surface area contributed by atoms with E-state index in [2.05, 4.69) is 5.32 Å². The van der Waals surface area contributed by atoms with Crippen LogP contribution in [-0.2, 0) is 6.42 Å². The van der Waals surface area contributed by atoms with Gasteiger partial charge in [-0.25, -0.2) is 13.2 Å². The van der Waals surface area contributed by atoms with Crippen molar-refractivity contribution in [2.75, 3.05) is 13.1 Å². The van der Waals surface area contributed by atoms with Gasteiger partial charge in [-0.1, -0.05) is 12.1 Å². The number of hydrogen-bond acceptors (Lipinski definition) is 2. The number of aliphatic hydroxyl groups is 1. The summed E-state index contributed by atoms with van der Waals surface area (Å²) in [5.74, 6) is -1.53. The summed E-state index contributed by atoms with van der Waals surface area (Å²) in [4.78, 5) is 0. The summed E-state index contributed by atoms with van der Waals surface area (Å²) in [6.07, 6.45) is -0.552. The Morgan fingerprint density at radius 1 is 1.00 bits per heavy atom. The number of benzene rings is 2. The van der Waals surface area contributed by atoms with Gasteiger partial charge in [0.15, 0.2) is 0 Å². The zero-order chi connectivity index (χ0) is 15.2. The minimum absolute atomic E-state index is 0.0757. The van der Waals surface area contributed by atoms with Gasteiger partial charge in [0.1, 0.15) is 17.5 Å². The van der Waals surface area contributed by atoms with Crippen molar-refractivity contribution in [2.45, 2.75) is 12.5 Å². The van der Waals surface area contributed by atoms with Gasteiger partial charge in [0.05, 0.1) is 6.10 Å². The van der Waals surface area contributed by atoms with E-state index in [1.165, 1.54) is 12.1 Å². The first-order chi connectivity index (χ1) is 10.1. The van der Waals surface area contributed by atoms with E-state index in [0.717, 1.165) is 23.8 Å². The maximum Gasteiger partial charge on any atom is 0.129 e. The average molecular weight is 295 g/mol. The highest BCUT2D eigenvalue weighted by Crippen LogP contribution is 2.17. The van der Waals surface area contributed by atoms with E-state index >= 15 is 0 Å². The molecule has 0 aliphatic carbocycles. The summed E-state index contributed by atoms with van der Waals surface area (Å²) in [6, 6.07) is 9.20. The Labute approximate surface area is 121 Å². The van der Waals surface area contributed by atoms with E-state index in [9.17, 15) is 18.3 Å². The molecule has 2 nitrogen and oxygen atoms in total. The van der Waals surface area contributed by atoms with Crippen LogP contribution in [0.25, 0.3) is 0 Å². The SMILES string of the molecule is OC(CNCCc1cccc(F)c1)c1cc(F)ccc1F. The Hall–Kier alpha value is -1.85. The Morgan fingerprint density at radius 3 is 2.52 bits per heavy atom. The van der Waals surface area contributed by atoms with E-state index in [1.807, 2.05) is 0 Å². The number of aliphatic hydroxyl groups excluding tert-OH is 1. The van der Waals surface area contributed by atoms with Crippen LogP contribution in [0.3, 0.4) is 0 Å². The molecule has 2 N–H and O–H groups in total. The van der Waals surface area contributed by atoms with Crippen molar-refractivity contribution in [2.24, 2.45) is 0 Å². The van der Waals surface area contributed by atoms with Crippen LogP contribution in [0, 0.1) is 17.5 Å². The molecule has 0 spiro atoms. The molecule has 2 aromatic rings. The third-order valence-electron chi connectivity index (χ3n) is 3.13. The fraction of sp³-hybridized carbons (Fsp3) is 0.250. The average Bonchev–Trinajstić information content (AvgIpc) is 2.46. The Morgan fingerprint density at radius 2 is 1.76 bits per heavy atom. The standard InChI is InChI=1S/C16H16F3NO/c17-12-3-1-2-11(8-12)6-7-20-10-16(21)14-9-13(18)4-5-15(14)19/h1-5,8-9,16,20-21H,6-7,10H2. The van der Waals surface area contributed by atoms with E-state index in [1.54, 1.807) is 12.1 Å². The Bertz CT molecular complexity index is 604. The first kappa shape index (κ1) is 15.5. The molecule has 0 aliphatic rings. The molecule has 0 saturated heterocycles. The van der Waals surface area contributed by atoms with Gasteiger partial charge in [0.25, 0.3) is 0 Å². The maximum atomic E-state index is 13.4. The first-order valence-corrected chi connectivity index (χ1v) is 6.64. The second-order valence-electron chi connectivity index (χ2n) is 4.77. The van der Waals surface area contributed by atoms with Crippen LogP contribution in [-0.4, -0.2) is 18.2 Å². The number of nitrogens with one attached hydrogen (secondary N) is 1. The Kier molecular flexibility index (Phi) is 5.36. The lowest BCUT2D eigenvalue weighted by Gasteiger charge is -2.13. The fourth-order valence-corrected chi connectivity index (χ4v) is 2.04. The highest BCUT2D eigenvalue weighted by molar-refractivity contribution is 5.21. The number of halogens is 3. The van der Waals surface area contributed by atoms with Gasteiger partial charge in [0.2, 0.25) is 0 Å². The lowest BCUT2D eigenvalue weighted by Crippen LogP contribution is -2.24. The molecule has 0 heterocycles. The summed E-state index contributed by atoms with van der Waals surface area (Å²) >= 11 is 0. The molecule has 21 heavy (non-hydrogen) atoms. The molecule has 0 aromatic heterocycles. The van der Waals surface area contributed by atoms with Crippen molar-refractivity contribution in [3.05, 3.63) is 71.0 Å². The summed E-state index contributed by atoms with van der Waals surface area (Å²) in [5.41, 5.74) is 0.752. The molecule has 2 aromatic carbocycles. The van der Waals surface area contributed by atoms with E-state index in [-0.39, 0.29) is 17.9 Å². The van der Waals surface area contributed by atoms with E-state index < -0.39 is 17.7 Å². The minimum atomic E-state index is -1.13. The van der Waals surface area contributed by atoms with Gasteiger partial charge < -0.3 is 10.4 Å². The van der Waals surface area contributed by atoms with Crippen molar-refractivity contribution >= 4 is 0 Å².